The Hall–Kier alpha value is -0.900. The maximum atomic E-state index is 11.5. The molecule has 2 rings (SSSR count). The normalized spacial score (nSPS) is 27.8. The average Bonchev–Trinajstić information content (AvgIpc) is 2.26. The Kier molecular flexibility index (Phi) is 1.40. The van der Waals surface area contributed by atoms with Gasteiger partial charge >= 0.3 is 0 Å². The summed E-state index contributed by atoms with van der Waals surface area (Å²) in [5.74, 6) is 0.0521. The highest BCUT2D eigenvalue weighted by Gasteiger charge is 2.28. The zero-order valence-corrected chi connectivity index (χ0v) is 7.88. The molecule has 62 valence electrons. The maximum Gasteiger partial charge on any atom is 0.206 e. The maximum absolute atomic E-state index is 11.5. The van der Waals surface area contributed by atoms with E-state index in [1.165, 1.54) is 13.1 Å². The monoisotopic (exact) mass is 228 g/mol. The number of aromatic nitrogens is 1. The van der Waals surface area contributed by atoms with Crippen LogP contribution in [0.2, 0.25) is 0 Å². The van der Waals surface area contributed by atoms with Gasteiger partial charge in [0, 0.05) is 0 Å². The van der Waals surface area contributed by atoms with E-state index in [-0.39, 0.29) is 5.78 Å². The van der Waals surface area contributed by atoms with Crippen molar-refractivity contribution in [2.24, 2.45) is 0 Å². The van der Waals surface area contributed by atoms with Crippen LogP contribution in [-0.2, 0) is 0 Å². The number of hydrogen-bond acceptors (Lipinski definition) is 3. The van der Waals surface area contributed by atoms with Crippen LogP contribution in [0, 0.1) is 0 Å². The lowest BCUT2D eigenvalue weighted by Gasteiger charge is -1.98. The number of hydrogen-bond donors (Lipinski definition) is 0. The van der Waals surface area contributed by atoms with Crippen LogP contribution in [0.5, 0.6) is 5.75 Å². The molecule has 0 aromatic carbocycles. The van der Waals surface area contributed by atoms with Gasteiger partial charge in [0.15, 0.2) is 6.08 Å². The summed E-state index contributed by atoms with van der Waals surface area (Å²) in [6, 6.07) is 1.57. The molecule has 0 saturated carbocycles. The Balaban J connectivity index is 2.57. The highest BCUT2D eigenvalue weighted by molar-refractivity contribution is 9.10. The number of halogens is 1. The van der Waals surface area contributed by atoms with Gasteiger partial charge in [-0.3, -0.25) is 4.79 Å². The van der Waals surface area contributed by atoms with E-state index in [9.17, 15) is 4.79 Å². The summed E-state index contributed by atoms with van der Waals surface area (Å²) >= 11 is 3.15. The third kappa shape index (κ3) is 1.03. The largest absolute Gasteiger partial charge is 0.480 e. The number of fused-ring (bicyclic) bond motifs is 1. The standard InChI is InChI=1S/C8H6BrNO2/c1-4-8(11)5-2-7(9)10-3-6(5)12-4/h2-4H,1H3/i4D. The highest BCUT2D eigenvalue weighted by Crippen LogP contribution is 2.29. The van der Waals surface area contributed by atoms with Crippen LogP contribution in [-0.4, -0.2) is 16.8 Å². The van der Waals surface area contributed by atoms with Crippen molar-refractivity contribution in [1.82, 2.24) is 4.98 Å². The van der Waals surface area contributed by atoms with Gasteiger partial charge in [-0.05, 0) is 28.9 Å². The molecule has 2 heterocycles. The molecule has 0 saturated heterocycles. The van der Waals surface area contributed by atoms with E-state index in [4.69, 9.17) is 6.11 Å². The minimum absolute atomic E-state index is 0.328. The second-order valence-electron chi connectivity index (χ2n) is 2.49. The molecule has 0 radical (unpaired) electrons. The number of Topliss-reactive ketones (excluding diaryl/α,β-unsaturated/α-hetero) is 1. The van der Waals surface area contributed by atoms with Gasteiger partial charge < -0.3 is 4.74 Å². The molecule has 1 unspecified atom stereocenters. The first kappa shape index (κ1) is 6.60. The minimum Gasteiger partial charge on any atom is -0.480 e. The fraction of sp³-hybridized carbons (Fsp3) is 0.250. The topological polar surface area (TPSA) is 39.2 Å². The van der Waals surface area contributed by atoms with Gasteiger partial charge in [-0.25, -0.2) is 4.98 Å². The fourth-order valence-electron chi connectivity index (χ4n) is 1.08. The van der Waals surface area contributed by atoms with E-state index in [1.807, 2.05) is 0 Å². The molecule has 0 aliphatic carbocycles. The van der Waals surface area contributed by atoms with Gasteiger partial charge in [0.25, 0.3) is 0 Å². The fourth-order valence-corrected chi connectivity index (χ4v) is 1.41. The Morgan fingerprint density at radius 1 is 1.83 bits per heavy atom. The summed E-state index contributed by atoms with van der Waals surface area (Å²) in [5.41, 5.74) is 0.416. The van der Waals surface area contributed by atoms with Crippen LogP contribution < -0.4 is 4.74 Å². The number of nitrogens with zero attached hydrogens (tertiary/aromatic N) is 1. The van der Waals surface area contributed by atoms with Crippen molar-refractivity contribution in [1.29, 1.82) is 0 Å². The zero-order valence-electron chi connectivity index (χ0n) is 7.30. The van der Waals surface area contributed by atoms with Gasteiger partial charge in [-0.1, -0.05) is 0 Å². The van der Waals surface area contributed by atoms with Crippen LogP contribution in [0.25, 0.3) is 0 Å². The van der Waals surface area contributed by atoms with E-state index < -0.39 is 6.08 Å². The van der Waals surface area contributed by atoms with Gasteiger partial charge in [0.05, 0.1) is 13.1 Å². The van der Waals surface area contributed by atoms with Gasteiger partial charge in [-0.2, -0.15) is 0 Å². The lowest BCUT2D eigenvalue weighted by molar-refractivity contribution is 0.0878. The smallest absolute Gasteiger partial charge is 0.206 e. The van der Waals surface area contributed by atoms with Crippen molar-refractivity contribution >= 4 is 21.7 Å². The van der Waals surface area contributed by atoms with E-state index in [0.717, 1.165) is 0 Å². The van der Waals surface area contributed by atoms with Gasteiger partial charge in [-0.15, -0.1) is 0 Å². The number of pyridine rings is 1. The molecule has 0 spiro atoms. The molecule has 1 aromatic rings. The van der Waals surface area contributed by atoms with Crippen LogP contribution in [0.15, 0.2) is 16.9 Å². The minimum atomic E-state index is -1.50. The lowest BCUT2D eigenvalue weighted by Crippen LogP contribution is -2.14. The van der Waals surface area contributed by atoms with E-state index in [1.54, 1.807) is 6.07 Å². The Morgan fingerprint density at radius 3 is 3.33 bits per heavy atom. The van der Waals surface area contributed by atoms with E-state index >= 15 is 0 Å². The molecule has 0 fully saturated rings. The second kappa shape index (κ2) is 2.55. The predicted molar refractivity (Wildman–Crippen MR) is 46.4 cm³/mol. The van der Waals surface area contributed by atoms with Gasteiger partial charge in [0.2, 0.25) is 5.78 Å². The van der Waals surface area contributed by atoms with Crippen LogP contribution in [0.3, 0.4) is 0 Å². The highest BCUT2D eigenvalue weighted by atomic mass is 79.9. The van der Waals surface area contributed by atoms with Crippen molar-refractivity contribution < 1.29 is 10.9 Å². The Bertz CT molecular complexity index is 392. The van der Waals surface area contributed by atoms with Crippen LogP contribution in [0.4, 0.5) is 0 Å². The van der Waals surface area contributed by atoms with E-state index in [2.05, 4.69) is 20.9 Å². The van der Waals surface area contributed by atoms with Crippen molar-refractivity contribution in [2.75, 3.05) is 0 Å². The SMILES string of the molecule is [2H]C1(C)Oc2cnc(Br)cc2C1=O. The second-order valence-corrected chi connectivity index (χ2v) is 3.30. The van der Waals surface area contributed by atoms with E-state index in [0.29, 0.717) is 15.9 Å². The molecular formula is C8H6BrNO2. The number of carbonyl (C=O) groups is 1. The first-order valence-corrected chi connectivity index (χ1v) is 4.19. The molecule has 12 heavy (non-hydrogen) atoms. The molecule has 1 atom stereocenters. The molecule has 3 nitrogen and oxygen atoms in total. The summed E-state index contributed by atoms with van der Waals surface area (Å²) < 4.78 is 13.2. The summed E-state index contributed by atoms with van der Waals surface area (Å²) in [5, 5.41) is 0. The quantitative estimate of drug-likeness (QED) is 0.637. The predicted octanol–water partition coefficient (Wildman–Crippen LogP) is 1.81. The molecule has 1 aromatic heterocycles. The molecule has 1 aliphatic heterocycles. The Morgan fingerprint density at radius 2 is 2.58 bits per heavy atom. The summed E-state index contributed by atoms with van der Waals surface area (Å²) in [7, 11) is 0. The summed E-state index contributed by atoms with van der Waals surface area (Å²) in [6.45, 7) is 1.42. The molecule has 1 aliphatic rings. The van der Waals surface area contributed by atoms with Gasteiger partial charge in [0.1, 0.15) is 10.4 Å². The molecule has 0 amide bonds. The first-order chi connectivity index (χ1) is 6.00. The van der Waals surface area contributed by atoms with Crippen LogP contribution in [0.1, 0.15) is 18.7 Å². The van der Waals surface area contributed by atoms with Crippen molar-refractivity contribution in [3.8, 4) is 5.75 Å². The zero-order chi connectivity index (χ0) is 9.64. The molecule has 4 heteroatoms. The molecule has 0 N–H and O–H groups in total. The van der Waals surface area contributed by atoms with Crippen molar-refractivity contribution in [2.45, 2.75) is 13.0 Å². The number of ketones is 1. The average molecular weight is 229 g/mol. The summed E-state index contributed by atoms with van der Waals surface area (Å²) in [4.78, 5) is 15.4. The third-order valence-corrected chi connectivity index (χ3v) is 2.10. The third-order valence-electron chi connectivity index (χ3n) is 1.66. The van der Waals surface area contributed by atoms with Crippen LogP contribution >= 0.6 is 15.9 Å². The first-order valence-electron chi connectivity index (χ1n) is 3.90. The van der Waals surface area contributed by atoms with Crippen molar-refractivity contribution in [3.63, 3.8) is 0 Å². The number of ether oxygens (including phenoxy) is 1. The molecule has 0 bridgehead atoms. The molecular weight excluding hydrogens is 222 g/mol. The number of rotatable bonds is 0. The lowest BCUT2D eigenvalue weighted by atomic mass is 10.1. The number of carbonyl (C=O) groups excluding carboxylic acids is 1. The summed E-state index contributed by atoms with van der Waals surface area (Å²) in [6.07, 6.45) is -0.0537. The Labute approximate surface area is 79.3 Å². The van der Waals surface area contributed by atoms with Crippen molar-refractivity contribution in [3.05, 3.63) is 22.4 Å².